The Hall–Kier alpha value is -1.36. The van der Waals surface area contributed by atoms with Crippen molar-refractivity contribution in [3.63, 3.8) is 0 Å². The zero-order valence-electron chi connectivity index (χ0n) is 12.4. The minimum Gasteiger partial charge on any atom is -0.359 e. The number of rotatable bonds is 2. The van der Waals surface area contributed by atoms with Crippen LogP contribution in [0, 0.1) is 5.92 Å². The highest BCUT2D eigenvalue weighted by molar-refractivity contribution is 6.28. The summed E-state index contributed by atoms with van der Waals surface area (Å²) in [5.74, 6) is 1.11. The van der Waals surface area contributed by atoms with Gasteiger partial charge in [0, 0.05) is 25.7 Å². The number of carbonyl (C=O) groups excluding carboxylic acids is 1. The van der Waals surface area contributed by atoms with Crippen molar-refractivity contribution in [2.75, 3.05) is 25.0 Å². The molecule has 1 aromatic heterocycles. The van der Waals surface area contributed by atoms with Crippen LogP contribution in [0.3, 0.4) is 0 Å². The Balaban J connectivity index is 1.89. The number of nitrogens with one attached hydrogen (secondary N) is 1. The van der Waals surface area contributed by atoms with Crippen LogP contribution in [0.15, 0.2) is 0 Å². The van der Waals surface area contributed by atoms with E-state index in [0.717, 1.165) is 50.3 Å². The highest BCUT2D eigenvalue weighted by Crippen LogP contribution is 2.31. The first-order valence-electron chi connectivity index (χ1n) is 7.71. The third kappa shape index (κ3) is 2.98. The Bertz CT molecular complexity index is 549. The van der Waals surface area contributed by atoms with E-state index in [2.05, 4.69) is 20.2 Å². The van der Waals surface area contributed by atoms with Crippen LogP contribution in [0.4, 0.5) is 5.82 Å². The summed E-state index contributed by atoms with van der Waals surface area (Å²) in [5, 5.41) is 3.08. The number of halogens is 1. The number of amides is 1. The van der Waals surface area contributed by atoms with Gasteiger partial charge in [-0.3, -0.25) is 4.79 Å². The van der Waals surface area contributed by atoms with Gasteiger partial charge in [0.25, 0.3) is 0 Å². The number of hydrogen-bond donors (Lipinski definition) is 1. The molecule has 0 radical (unpaired) electrons. The van der Waals surface area contributed by atoms with Gasteiger partial charge in [-0.05, 0) is 50.1 Å². The average molecular weight is 309 g/mol. The molecule has 0 aromatic carbocycles. The number of piperidine rings is 1. The van der Waals surface area contributed by atoms with Gasteiger partial charge in [0.1, 0.15) is 5.82 Å². The van der Waals surface area contributed by atoms with Crippen molar-refractivity contribution >= 4 is 23.3 Å². The zero-order chi connectivity index (χ0) is 14.8. The van der Waals surface area contributed by atoms with Crippen LogP contribution in [-0.2, 0) is 17.6 Å². The molecule has 1 aliphatic carbocycles. The molecule has 1 N–H and O–H groups in total. The topological polar surface area (TPSA) is 58.1 Å². The summed E-state index contributed by atoms with van der Waals surface area (Å²) in [6.45, 7) is 1.66. The molecule has 1 unspecified atom stereocenters. The first-order valence-corrected chi connectivity index (χ1v) is 8.08. The third-order valence-electron chi connectivity index (χ3n) is 4.47. The zero-order valence-corrected chi connectivity index (χ0v) is 13.1. The van der Waals surface area contributed by atoms with Crippen LogP contribution in [0.1, 0.15) is 36.9 Å². The van der Waals surface area contributed by atoms with Gasteiger partial charge in [-0.15, -0.1) is 0 Å². The summed E-state index contributed by atoms with van der Waals surface area (Å²) >= 11 is 6.10. The minimum atomic E-state index is 0.0386. The summed E-state index contributed by atoms with van der Waals surface area (Å²) < 4.78 is 0. The van der Waals surface area contributed by atoms with E-state index in [1.807, 2.05) is 0 Å². The summed E-state index contributed by atoms with van der Waals surface area (Å²) in [6, 6.07) is 0. The molecule has 1 fully saturated rings. The molecular formula is C15H21ClN4O. The van der Waals surface area contributed by atoms with E-state index in [1.165, 1.54) is 18.4 Å². The molecule has 1 aromatic rings. The molecular weight excluding hydrogens is 288 g/mol. The second kappa shape index (κ2) is 6.18. The van der Waals surface area contributed by atoms with Gasteiger partial charge in [0.15, 0.2) is 0 Å². The highest BCUT2D eigenvalue weighted by Gasteiger charge is 2.28. The summed E-state index contributed by atoms with van der Waals surface area (Å²) in [5.41, 5.74) is 2.33. The number of anilines is 1. The molecule has 0 spiro atoms. The maximum absolute atomic E-state index is 11.9. The largest absolute Gasteiger partial charge is 0.359 e. The summed E-state index contributed by atoms with van der Waals surface area (Å²) in [4.78, 5) is 23.0. The first-order chi connectivity index (χ1) is 10.2. The third-order valence-corrected chi connectivity index (χ3v) is 4.64. The molecule has 1 aliphatic heterocycles. The van der Waals surface area contributed by atoms with Crippen LogP contribution in [-0.4, -0.2) is 36.0 Å². The quantitative estimate of drug-likeness (QED) is 0.849. The van der Waals surface area contributed by atoms with Crippen LogP contribution in [0.2, 0.25) is 5.28 Å². The van der Waals surface area contributed by atoms with Gasteiger partial charge >= 0.3 is 0 Å². The molecule has 2 aliphatic rings. The Morgan fingerprint density at radius 2 is 2.10 bits per heavy atom. The lowest BCUT2D eigenvalue weighted by Gasteiger charge is -2.34. The molecule has 2 heterocycles. The van der Waals surface area contributed by atoms with Gasteiger partial charge in [-0.2, -0.15) is 0 Å². The standard InChI is InChI=1S/C15H21ClN4O/c1-17-14(21)10-5-4-8-20(9-10)13-11-6-2-3-7-12(11)18-15(16)19-13/h10H,2-9H2,1H3,(H,17,21). The molecule has 21 heavy (non-hydrogen) atoms. The summed E-state index contributed by atoms with van der Waals surface area (Å²) in [6.07, 6.45) is 6.30. The van der Waals surface area contributed by atoms with Gasteiger partial charge in [0.2, 0.25) is 11.2 Å². The number of carbonyl (C=O) groups is 1. The van der Waals surface area contributed by atoms with Crippen molar-refractivity contribution in [2.45, 2.75) is 38.5 Å². The lowest BCUT2D eigenvalue weighted by molar-refractivity contribution is -0.124. The Morgan fingerprint density at radius 1 is 1.29 bits per heavy atom. The fourth-order valence-corrected chi connectivity index (χ4v) is 3.58. The SMILES string of the molecule is CNC(=O)C1CCCN(c2nc(Cl)nc3c2CCCC3)C1. The van der Waals surface area contributed by atoms with E-state index in [1.54, 1.807) is 7.05 Å². The van der Waals surface area contributed by atoms with Gasteiger partial charge in [-0.25, -0.2) is 9.97 Å². The molecule has 1 saturated heterocycles. The van der Waals surface area contributed by atoms with E-state index in [4.69, 9.17) is 11.6 Å². The Labute approximate surface area is 130 Å². The fraction of sp³-hybridized carbons (Fsp3) is 0.667. The lowest BCUT2D eigenvalue weighted by Crippen LogP contribution is -2.43. The van der Waals surface area contributed by atoms with Crippen molar-refractivity contribution in [1.29, 1.82) is 0 Å². The molecule has 1 amide bonds. The van der Waals surface area contributed by atoms with Crippen LogP contribution >= 0.6 is 11.6 Å². The van der Waals surface area contributed by atoms with Gasteiger partial charge < -0.3 is 10.2 Å². The smallest absolute Gasteiger partial charge is 0.224 e. The Morgan fingerprint density at radius 3 is 2.90 bits per heavy atom. The number of aryl methyl sites for hydroxylation is 1. The van der Waals surface area contributed by atoms with Crippen molar-refractivity contribution in [3.8, 4) is 0 Å². The molecule has 0 bridgehead atoms. The van der Waals surface area contributed by atoms with Crippen LogP contribution in [0.5, 0.6) is 0 Å². The number of hydrogen-bond acceptors (Lipinski definition) is 4. The van der Waals surface area contributed by atoms with E-state index >= 15 is 0 Å². The minimum absolute atomic E-state index is 0.0386. The maximum atomic E-state index is 11.9. The average Bonchev–Trinajstić information content (AvgIpc) is 2.53. The predicted molar refractivity (Wildman–Crippen MR) is 82.7 cm³/mol. The molecule has 6 heteroatoms. The second-order valence-electron chi connectivity index (χ2n) is 5.85. The number of aromatic nitrogens is 2. The number of nitrogens with zero attached hydrogens (tertiary/aromatic N) is 3. The summed E-state index contributed by atoms with van der Waals surface area (Å²) in [7, 11) is 1.70. The van der Waals surface area contributed by atoms with E-state index in [0.29, 0.717) is 5.28 Å². The predicted octanol–water partition coefficient (Wildman–Crippen LogP) is 1.97. The fourth-order valence-electron chi connectivity index (χ4n) is 3.39. The molecule has 1 atom stereocenters. The maximum Gasteiger partial charge on any atom is 0.224 e. The normalized spacial score (nSPS) is 21.8. The van der Waals surface area contributed by atoms with E-state index in [9.17, 15) is 4.79 Å². The Kier molecular flexibility index (Phi) is 4.29. The first kappa shape index (κ1) is 14.6. The second-order valence-corrected chi connectivity index (χ2v) is 6.19. The van der Waals surface area contributed by atoms with Gasteiger partial charge in [0.05, 0.1) is 11.6 Å². The van der Waals surface area contributed by atoms with Crippen molar-refractivity contribution in [3.05, 3.63) is 16.5 Å². The molecule has 5 nitrogen and oxygen atoms in total. The van der Waals surface area contributed by atoms with E-state index < -0.39 is 0 Å². The lowest BCUT2D eigenvalue weighted by atomic mass is 9.93. The molecule has 114 valence electrons. The van der Waals surface area contributed by atoms with Crippen LogP contribution in [0.25, 0.3) is 0 Å². The number of fused-ring (bicyclic) bond motifs is 1. The van der Waals surface area contributed by atoms with Crippen LogP contribution < -0.4 is 10.2 Å². The van der Waals surface area contributed by atoms with Crippen molar-refractivity contribution in [1.82, 2.24) is 15.3 Å². The molecule has 3 rings (SSSR count). The van der Waals surface area contributed by atoms with Crippen molar-refractivity contribution < 1.29 is 4.79 Å². The monoisotopic (exact) mass is 308 g/mol. The van der Waals surface area contributed by atoms with Gasteiger partial charge in [-0.1, -0.05) is 0 Å². The van der Waals surface area contributed by atoms with Crippen molar-refractivity contribution in [2.24, 2.45) is 5.92 Å². The molecule has 0 saturated carbocycles. The van der Waals surface area contributed by atoms with E-state index in [-0.39, 0.29) is 11.8 Å². The highest BCUT2D eigenvalue weighted by atomic mass is 35.5.